The number of hydrogen-bond donors (Lipinski definition) is 1. The van der Waals surface area contributed by atoms with Crippen molar-refractivity contribution in [3.05, 3.63) is 46.9 Å². The van der Waals surface area contributed by atoms with Crippen molar-refractivity contribution in [1.82, 2.24) is 9.97 Å². The van der Waals surface area contributed by atoms with Crippen molar-refractivity contribution in [1.29, 1.82) is 0 Å². The van der Waals surface area contributed by atoms with E-state index in [1.165, 1.54) is 11.3 Å². The van der Waals surface area contributed by atoms with Gasteiger partial charge in [-0.05, 0) is 30.5 Å². The highest BCUT2D eigenvalue weighted by molar-refractivity contribution is 7.18. The lowest BCUT2D eigenvalue weighted by molar-refractivity contribution is 0.319. The van der Waals surface area contributed by atoms with E-state index in [2.05, 4.69) is 10.1 Å². The van der Waals surface area contributed by atoms with Crippen molar-refractivity contribution in [3.8, 4) is 21.1 Å². The zero-order valence-electron chi connectivity index (χ0n) is 10.6. The number of thiophene rings is 1. The summed E-state index contributed by atoms with van der Waals surface area (Å²) in [5.74, 6) is 0. The Morgan fingerprint density at radius 2 is 2.05 bits per heavy atom. The first kappa shape index (κ1) is 13.0. The van der Waals surface area contributed by atoms with Gasteiger partial charge >= 0.3 is 0 Å². The first-order chi connectivity index (χ1) is 9.79. The van der Waals surface area contributed by atoms with Gasteiger partial charge in [-0.2, -0.15) is 0 Å². The van der Waals surface area contributed by atoms with Gasteiger partial charge in [0.15, 0.2) is 0 Å². The van der Waals surface area contributed by atoms with Crippen LogP contribution < -0.4 is 0 Å². The Hall–Kier alpha value is -2.05. The van der Waals surface area contributed by atoms with E-state index in [-0.39, 0.29) is 0 Å². The van der Waals surface area contributed by atoms with Crippen molar-refractivity contribution >= 4 is 28.4 Å². The third-order valence-corrected chi connectivity index (χ3v) is 4.88. The van der Waals surface area contributed by atoms with Crippen molar-refractivity contribution in [3.63, 3.8) is 0 Å². The van der Waals surface area contributed by atoms with Crippen molar-refractivity contribution < 1.29 is 5.21 Å². The maximum absolute atomic E-state index is 9.05. The van der Waals surface area contributed by atoms with Gasteiger partial charge in [-0.3, -0.25) is 4.98 Å². The maximum Gasteiger partial charge on any atom is 0.124 e. The molecule has 3 aromatic rings. The summed E-state index contributed by atoms with van der Waals surface area (Å²) in [7, 11) is 0. The molecule has 0 aliphatic rings. The standard InChI is InChI=1S/C14H11N3OS2/c1-9(17-18)13-12(11-3-2-8-19-11)16-14(20-13)10-4-6-15-7-5-10/h2-8,18H,1H3/b17-9+. The van der Waals surface area contributed by atoms with Crippen LogP contribution in [-0.2, 0) is 0 Å². The highest BCUT2D eigenvalue weighted by Gasteiger charge is 2.17. The van der Waals surface area contributed by atoms with Crippen LogP contribution in [0.15, 0.2) is 47.2 Å². The summed E-state index contributed by atoms with van der Waals surface area (Å²) in [6.07, 6.45) is 3.49. The maximum atomic E-state index is 9.05. The molecule has 0 aliphatic carbocycles. The fourth-order valence-corrected chi connectivity index (χ4v) is 3.62. The molecule has 0 aliphatic heterocycles. The van der Waals surface area contributed by atoms with Gasteiger partial charge in [0.1, 0.15) is 10.7 Å². The van der Waals surface area contributed by atoms with E-state index >= 15 is 0 Å². The van der Waals surface area contributed by atoms with Gasteiger partial charge < -0.3 is 5.21 Å². The monoisotopic (exact) mass is 301 g/mol. The highest BCUT2D eigenvalue weighted by atomic mass is 32.1. The molecule has 20 heavy (non-hydrogen) atoms. The predicted molar refractivity (Wildman–Crippen MR) is 82.7 cm³/mol. The summed E-state index contributed by atoms with van der Waals surface area (Å²) in [4.78, 5) is 10.7. The van der Waals surface area contributed by atoms with E-state index in [4.69, 9.17) is 10.2 Å². The fraction of sp³-hybridized carbons (Fsp3) is 0.0714. The summed E-state index contributed by atoms with van der Waals surface area (Å²) >= 11 is 3.14. The molecule has 6 heteroatoms. The molecular weight excluding hydrogens is 290 g/mol. The molecule has 3 heterocycles. The lowest BCUT2D eigenvalue weighted by Gasteiger charge is -1.96. The zero-order valence-corrected chi connectivity index (χ0v) is 12.3. The van der Waals surface area contributed by atoms with Crippen LogP contribution in [0.2, 0.25) is 0 Å². The topological polar surface area (TPSA) is 58.4 Å². The molecule has 4 nitrogen and oxygen atoms in total. The third kappa shape index (κ3) is 2.35. The van der Waals surface area contributed by atoms with Crippen LogP contribution in [0.1, 0.15) is 11.8 Å². The number of thiazole rings is 1. The zero-order chi connectivity index (χ0) is 13.9. The predicted octanol–water partition coefficient (Wildman–Crippen LogP) is 4.13. The quantitative estimate of drug-likeness (QED) is 0.449. The molecular formula is C14H11N3OS2. The summed E-state index contributed by atoms with van der Waals surface area (Å²) in [6, 6.07) is 7.85. The fourth-order valence-electron chi connectivity index (χ4n) is 1.81. The summed E-state index contributed by atoms with van der Waals surface area (Å²) in [5.41, 5.74) is 2.46. The number of pyridine rings is 1. The molecule has 0 spiro atoms. The molecule has 100 valence electrons. The molecule has 0 saturated heterocycles. The number of rotatable bonds is 3. The second-order valence-corrected chi connectivity index (χ2v) is 6.04. The normalized spacial score (nSPS) is 11.8. The van der Waals surface area contributed by atoms with Crippen LogP contribution in [0.25, 0.3) is 21.1 Å². The van der Waals surface area contributed by atoms with E-state index in [1.54, 1.807) is 30.7 Å². The van der Waals surface area contributed by atoms with E-state index in [9.17, 15) is 0 Å². The first-order valence-corrected chi connectivity index (χ1v) is 7.63. The van der Waals surface area contributed by atoms with Crippen molar-refractivity contribution in [2.24, 2.45) is 5.16 Å². The lowest BCUT2D eigenvalue weighted by atomic mass is 10.2. The summed E-state index contributed by atoms with van der Waals surface area (Å²) in [5, 5.41) is 15.3. The van der Waals surface area contributed by atoms with E-state index in [0.29, 0.717) is 5.71 Å². The molecule has 0 unspecified atom stereocenters. The SMILES string of the molecule is C/C(=N\O)c1sc(-c2ccncc2)nc1-c1cccs1. The summed E-state index contributed by atoms with van der Waals surface area (Å²) < 4.78 is 0. The molecule has 3 rings (SSSR count). The lowest BCUT2D eigenvalue weighted by Crippen LogP contribution is -1.92. The smallest absolute Gasteiger partial charge is 0.124 e. The van der Waals surface area contributed by atoms with Crippen LogP contribution >= 0.6 is 22.7 Å². The molecule has 1 N–H and O–H groups in total. The van der Waals surface area contributed by atoms with Gasteiger partial charge in [0.25, 0.3) is 0 Å². The van der Waals surface area contributed by atoms with Crippen LogP contribution in [0, 0.1) is 0 Å². The second kappa shape index (κ2) is 5.52. The van der Waals surface area contributed by atoms with Gasteiger partial charge in [0.05, 0.1) is 15.5 Å². The molecule has 3 aromatic heterocycles. The van der Waals surface area contributed by atoms with Gasteiger partial charge in [0, 0.05) is 18.0 Å². The number of hydrogen-bond acceptors (Lipinski definition) is 6. The molecule has 0 saturated carbocycles. The van der Waals surface area contributed by atoms with Crippen molar-refractivity contribution in [2.75, 3.05) is 0 Å². The Morgan fingerprint density at radius 1 is 1.25 bits per heavy atom. The second-order valence-electron chi connectivity index (χ2n) is 4.10. The minimum atomic E-state index is 0.575. The van der Waals surface area contributed by atoms with Crippen LogP contribution in [0.3, 0.4) is 0 Å². The Labute approximate surface area is 124 Å². The Bertz CT molecular complexity index is 733. The molecule has 0 aromatic carbocycles. The molecule has 0 bridgehead atoms. The number of aromatic nitrogens is 2. The van der Waals surface area contributed by atoms with Gasteiger partial charge in [0.2, 0.25) is 0 Å². The van der Waals surface area contributed by atoms with Crippen LogP contribution in [-0.4, -0.2) is 20.9 Å². The van der Waals surface area contributed by atoms with Crippen molar-refractivity contribution in [2.45, 2.75) is 6.92 Å². The van der Waals surface area contributed by atoms with Gasteiger partial charge in [-0.25, -0.2) is 4.98 Å². The average molecular weight is 301 g/mol. The van der Waals surface area contributed by atoms with Crippen LogP contribution in [0.5, 0.6) is 0 Å². The molecule has 0 radical (unpaired) electrons. The van der Waals surface area contributed by atoms with E-state index in [1.807, 2.05) is 29.6 Å². The number of oxime groups is 1. The minimum absolute atomic E-state index is 0.575. The third-order valence-electron chi connectivity index (χ3n) is 2.79. The van der Waals surface area contributed by atoms with E-state index in [0.717, 1.165) is 26.0 Å². The average Bonchev–Trinajstić information content (AvgIpc) is 3.16. The Balaban J connectivity index is 2.16. The summed E-state index contributed by atoms with van der Waals surface area (Å²) in [6.45, 7) is 1.78. The Morgan fingerprint density at radius 3 is 2.70 bits per heavy atom. The van der Waals surface area contributed by atoms with Crippen LogP contribution in [0.4, 0.5) is 0 Å². The highest BCUT2D eigenvalue weighted by Crippen LogP contribution is 2.36. The Kier molecular flexibility index (Phi) is 3.58. The van der Waals surface area contributed by atoms with Gasteiger partial charge in [-0.1, -0.05) is 11.2 Å². The molecule has 0 fully saturated rings. The molecule has 0 atom stereocenters. The largest absolute Gasteiger partial charge is 0.411 e. The number of nitrogens with zero attached hydrogens (tertiary/aromatic N) is 3. The van der Waals surface area contributed by atoms with E-state index < -0.39 is 0 Å². The minimum Gasteiger partial charge on any atom is -0.411 e. The first-order valence-electron chi connectivity index (χ1n) is 5.93. The molecule has 0 amide bonds. The van der Waals surface area contributed by atoms with Gasteiger partial charge in [-0.15, -0.1) is 22.7 Å².